The Balaban J connectivity index is 1.64. The number of likely N-dealkylation sites (tertiary alicyclic amines) is 1. The van der Waals surface area contributed by atoms with Crippen LogP contribution in [0.1, 0.15) is 68.5 Å². The second-order valence-electron chi connectivity index (χ2n) is 7.86. The second-order valence-corrected chi connectivity index (χ2v) is 7.86. The van der Waals surface area contributed by atoms with Gasteiger partial charge in [-0.25, -0.2) is 0 Å². The van der Waals surface area contributed by atoms with Crippen LogP contribution in [-0.2, 0) is 11.3 Å². The molecule has 1 aliphatic heterocycles. The van der Waals surface area contributed by atoms with Crippen LogP contribution in [0.15, 0.2) is 6.20 Å². The van der Waals surface area contributed by atoms with Crippen molar-refractivity contribution < 1.29 is 9.84 Å². The molecule has 0 aromatic carbocycles. The van der Waals surface area contributed by atoms with Gasteiger partial charge in [0.05, 0.1) is 12.8 Å². The monoisotopic (exact) mass is 335 g/mol. The van der Waals surface area contributed by atoms with E-state index in [1.165, 1.54) is 43.4 Å². The van der Waals surface area contributed by atoms with Crippen molar-refractivity contribution in [3.05, 3.63) is 17.5 Å². The topological polar surface area (TPSA) is 61.4 Å². The number of aliphatic hydroxyl groups excluding tert-OH is 1. The minimum Gasteiger partial charge on any atom is -0.396 e. The molecule has 2 fully saturated rings. The summed E-state index contributed by atoms with van der Waals surface area (Å²) in [5, 5.41) is 17.6. The number of aliphatic hydroxyl groups is 1. The first-order valence-corrected chi connectivity index (χ1v) is 9.61. The van der Waals surface area contributed by atoms with Crippen LogP contribution in [0.5, 0.6) is 0 Å². The van der Waals surface area contributed by atoms with Gasteiger partial charge < -0.3 is 9.84 Å². The fourth-order valence-electron chi connectivity index (χ4n) is 4.61. The van der Waals surface area contributed by atoms with Crippen LogP contribution in [-0.4, -0.2) is 53.6 Å². The van der Waals surface area contributed by atoms with Gasteiger partial charge in [-0.15, -0.1) is 0 Å². The van der Waals surface area contributed by atoms with Crippen LogP contribution in [0.3, 0.4) is 0 Å². The van der Waals surface area contributed by atoms with E-state index in [0.29, 0.717) is 5.92 Å². The summed E-state index contributed by atoms with van der Waals surface area (Å²) in [6, 6.07) is 0. The molecule has 0 amide bonds. The zero-order valence-corrected chi connectivity index (χ0v) is 15.1. The number of hydrogen-bond acceptors (Lipinski definition) is 4. The van der Waals surface area contributed by atoms with Crippen LogP contribution in [0.2, 0.25) is 0 Å². The summed E-state index contributed by atoms with van der Waals surface area (Å²) in [7, 11) is 1.74. The van der Waals surface area contributed by atoms with E-state index in [1.807, 2.05) is 6.20 Å². The molecular formula is C19H33N3O2. The van der Waals surface area contributed by atoms with Gasteiger partial charge >= 0.3 is 0 Å². The zero-order valence-electron chi connectivity index (χ0n) is 15.1. The Bertz CT molecular complexity index is 499. The van der Waals surface area contributed by atoms with Crippen LogP contribution >= 0.6 is 0 Å². The normalized spacial score (nSPS) is 26.8. The standard InChI is InChI=1S/C19H33N3O2/c1-24-11-9-19(15-23)8-5-10-22(14-19)13-17-12-20-21-18(17)16-6-3-2-4-7-16/h12,16,23H,2-11,13-15H2,1H3,(H,20,21). The lowest BCUT2D eigenvalue weighted by Crippen LogP contribution is -2.45. The van der Waals surface area contributed by atoms with E-state index in [1.54, 1.807) is 7.11 Å². The molecule has 1 saturated carbocycles. The molecule has 3 rings (SSSR count). The van der Waals surface area contributed by atoms with Crippen molar-refractivity contribution in [2.75, 3.05) is 33.4 Å². The highest BCUT2D eigenvalue weighted by molar-refractivity contribution is 5.21. The Hall–Kier alpha value is -0.910. The van der Waals surface area contributed by atoms with Crippen molar-refractivity contribution in [1.82, 2.24) is 15.1 Å². The van der Waals surface area contributed by atoms with Gasteiger partial charge in [0.2, 0.25) is 0 Å². The first-order chi connectivity index (χ1) is 11.8. The summed E-state index contributed by atoms with van der Waals surface area (Å²) in [6.45, 7) is 4.02. The van der Waals surface area contributed by atoms with E-state index in [2.05, 4.69) is 15.1 Å². The fraction of sp³-hybridized carbons (Fsp3) is 0.842. The molecule has 136 valence electrons. The number of nitrogens with one attached hydrogen (secondary N) is 1. The number of hydrogen-bond donors (Lipinski definition) is 2. The lowest BCUT2D eigenvalue weighted by Gasteiger charge is -2.42. The zero-order chi connectivity index (χ0) is 16.8. The number of aromatic nitrogens is 2. The van der Waals surface area contributed by atoms with Crippen LogP contribution in [0.25, 0.3) is 0 Å². The van der Waals surface area contributed by atoms with Gasteiger partial charge in [-0.3, -0.25) is 10.00 Å². The van der Waals surface area contributed by atoms with E-state index < -0.39 is 0 Å². The smallest absolute Gasteiger partial charge is 0.0535 e. The molecule has 1 unspecified atom stereocenters. The molecule has 24 heavy (non-hydrogen) atoms. The van der Waals surface area contributed by atoms with E-state index in [9.17, 15) is 5.11 Å². The Morgan fingerprint density at radius 2 is 2.17 bits per heavy atom. The third kappa shape index (κ3) is 4.19. The molecule has 1 saturated heterocycles. The maximum absolute atomic E-state index is 9.97. The van der Waals surface area contributed by atoms with Gasteiger partial charge in [0, 0.05) is 49.4 Å². The summed E-state index contributed by atoms with van der Waals surface area (Å²) in [5.41, 5.74) is 2.73. The van der Waals surface area contributed by atoms with Crippen molar-refractivity contribution in [2.45, 2.75) is 63.8 Å². The van der Waals surface area contributed by atoms with Crippen LogP contribution in [0, 0.1) is 5.41 Å². The van der Waals surface area contributed by atoms with Crippen molar-refractivity contribution in [1.29, 1.82) is 0 Å². The summed E-state index contributed by atoms with van der Waals surface area (Å²) >= 11 is 0. The lowest BCUT2D eigenvalue weighted by molar-refractivity contribution is 0.00464. The molecule has 0 radical (unpaired) electrons. The predicted octanol–water partition coefficient (Wildman–Crippen LogP) is 3.07. The molecule has 2 heterocycles. The highest BCUT2D eigenvalue weighted by atomic mass is 16.5. The molecule has 2 N–H and O–H groups in total. The minimum atomic E-state index is 0.00297. The number of nitrogens with zero attached hydrogens (tertiary/aromatic N) is 2. The highest BCUT2D eigenvalue weighted by Gasteiger charge is 2.35. The van der Waals surface area contributed by atoms with Crippen molar-refractivity contribution in [2.24, 2.45) is 5.41 Å². The van der Waals surface area contributed by atoms with Crippen LogP contribution in [0.4, 0.5) is 0 Å². The molecule has 1 aliphatic carbocycles. The largest absolute Gasteiger partial charge is 0.396 e. The van der Waals surface area contributed by atoms with Gasteiger partial charge in [0.25, 0.3) is 0 Å². The maximum Gasteiger partial charge on any atom is 0.0535 e. The highest BCUT2D eigenvalue weighted by Crippen LogP contribution is 2.36. The Morgan fingerprint density at radius 1 is 1.33 bits per heavy atom. The molecule has 1 aromatic heterocycles. The van der Waals surface area contributed by atoms with E-state index >= 15 is 0 Å². The first-order valence-electron chi connectivity index (χ1n) is 9.61. The molecule has 0 spiro atoms. The first kappa shape index (κ1) is 17.9. The lowest BCUT2D eigenvalue weighted by atomic mass is 9.78. The van der Waals surface area contributed by atoms with Crippen molar-refractivity contribution in [3.8, 4) is 0 Å². The van der Waals surface area contributed by atoms with Crippen molar-refractivity contribution >= 4 is 0 Å². The average Bonchev–Trinajstić information content (AvgIpc) is 3.09. The van der Waals surface area contributed by atoms with E-state index in [-0.39, 0.29) is 12.0 Å². The molecule has 5 heteroatoms. The fourth-order valence-corrected chi connectivity index (χ4v) is 4.61. The number of H-pyrrole nitrogens is 1. The number of piperidine rings is 1. The Kier molecular flexibility index (Phi) is 6.31. The minimum absolute atomic E-state index is 0.00297. The third-order valence-corrected chi connectivity index (χ3v) is 6.07. The van der Waals surface area contributed by atoms with Gasteiger partial charge in [-0.2, -0.15) is 5.10 Å². The Morgan fingerprint density at radius 3 is 2.92 bits per heavy atom. The molecule has 1 atom stereocenters. The quantitative estimate of drug-likeness (QED) is 0.804. The SMILES string of the molecule is COCCC1(CO)CCCN(Cc2cn[nH]c2C2CCCCC2)C1. The summed E-state index contributed by atoms with van der Waals surface area (Å²) < 4.78 is 5.27. The van der Waals surface area contributed by atoms with Gasteiger partial charge in [0.1, 0.15) is 0 Å². The molecule has 0 bridgehead atoms. The van der Waals surface area contributed by atoms with E-state index in [0.717, 1.165) is 45.5 Å². The molecule has 2 aliphatic rings. The predicted molar refractivity (Wildman–Crippen MR) is 94.9 cm³/mol. The molecule has 1 aromatic rings. The molecular weight excluding hydrogens is 302 g/mol. The number of ether oxygens (including phenoxy) is 1. The number of aromatic amines is 1. The number of methoxy groups -OCH3 is 1. The van der Waals surface area contributed by atoms with Gasteiger partial charge in [-0.1, -0.05) is 19.3 Å². The third-order valence-electron chi connectivity index (χ3n) is 6.07. The molecule has 5 nitrogen and oxygen atoms in total. The summed E-state index contributed by atoms with van der Waals surface area (Å²) in [5.74, 6) is 0.664. The Labute approximate surface area is 145 Å². The van der Waals surface area contributed by atoms with Gasteiger partial charge in [0.15, 0.2) is 0 Å². The second kappa shape index (κ2) is 8.45. The summed E-state index contributed by atoms with van der Waals surface area (Å²) in [4.78, 5) is 2.51. The maximum atomic E-state index is 9.97. The van der Waals surface area contributed by atoms with Crippen molar-refractivity contribution in [3.63, 3.8) is 0 Å². The average molecular weight is 335 g/mol. The summed E-state index contributed by atoms with van der Waals surface area (Å²) in [6.07, 6.45) is 11.9. The number of rotatable bonds is 7. The van der Waals surface area contributed by atoms with E-state index in [4.69, 9.17) is 4.74 Å². The van der Waals surface area contributed by atoms with Gasteiger partial charge in [-0.05, 0) is 38.6 Å². The van der Waals surface area contributed by atoms with Crippen LogP contribution < -0.4 is 0 Å².